The summed E-state index contributed by atoms with van der Waals surface area (Å²) in [4.78, 5) is 27.9. The number of benzene rings is 1. The van der Waals surface area contributed by atoms with Gasteiger partial charge in [0.2, 0.25) is 11.8 Å². The average molecular weight is 368 g/mol. The lowest BCUT2D eigenvalue weighted by molar-refractivity contribution is -0.141. The van der Waals surface area contributed by atoms with E-state index in [2.05, 4.69) is 11.4 Å². The SMILES string of the molecule is COc1cccc(CNC(=O)C23CCC=C2N(C2CCCC2)C(=O)CC3)c1. The Morgan fingerprint density at radius 3 is 2.89 bits per heavy atom. The number of likely N-dealkylation sites (tertiary alicyclic amines) is 1. The molecule has 1 aromatic rings. The second kappa shape index (κ2) is 7.37. The number of piperidine rings is 1. The fraction of sp³-hybridized carbons (Fsp3) is 0.545. The Morgan fingerprint density at radius 1 is 1.30 bits per heavy atom. The van der Waals surface area contributed by atoms with Gasteiger partial charge in [-0.1, -0.05) is 31.1 Å². The van der Waals surface area contributed by atoms with Crippen LogP contribution in [0.25, 0.3) is 0 Å². The summed E-state index contributed by atoms with van der Waals surface area (Å²) in [5.41, 5.74) is 1.46. The van der Waals surface area contributed by atoms with Gasteiger partial charge in [0.1, 0.15) is 5.75 Å². The molecular formula is C22H28N2O3. The number of rotatable bonds is 5. The number of ether oxygens (including phenoxy) is 1. The highest BCUT2D eigenvalue weighted by atomic mass is 16.5. The number of hydrogen-bond acceptors (Lipinski definition) is 3. The minimum Gasteiger partial charge on any atom is -0.497 e. The maximum atomic E-state index is 13.3. The van der Waals surface area contributed by atoms with Crippen LogP contribution in [0.1, 0.15) is 56.9 Å². The van der Waals surface area contributed by atoms with Crippen molar-refractivity contribution in [2.24, 2.45) is 5.41 Å². The molecule has 1 aromatic carbocycles. The first kappa shape index (κ1) is 18.1. The van der Waals surface area contributed by atoms with Gasteiger partial charge in [-0.15, -0.1) is 0 Å². The summed E-state index contributed by atoms with van der Waals surface area (Å²) < 4.78 is 5.26. The number of carbonyl (C=O) groups excluding carboxylic acids is 2. The Hall–Kier alpha value is -2.30. The van der Waals surface area contributed by atoms with Gasteiger partial charge in [-0.3, -0.25) is 9.59 Å². The van der Waals surface area contributed by atoms with Gasteiger partial charge in [-0.2, -0.15) is 0 Å². The summed E-state index contributed by atoms with van der Waals surface area (Å²) in [5, 5.41) is 3.13. The molecule has 4 rings (SSSR count). The molecule has 1 heterocycles. The van der Waals surface area contributed by atoms with Gasteiger partial charge in [0.15, 0.2) is 0 Å². The molecule has 5 heteroatoms. The van der Waals surface area contributed by atoms with Crippen molar-refractivity contribution >= 4 is 11.8 Å². The van der Waals surface area contributed by atoms with Crippen LogP contribution in [-0.2, 0) is 16.1 Å². The van der Waals surface area contributed by atoms with Gasteiger partial charge in [0.25, 0.3) is 0 Å². The van der Waals surface area contributed by atoms with E-state index in [4.69, 9.17) is 4.74 Å². The number of carbonyl (C=O) groups is 2. The fourth-order valence-corrected chi connectivity index (χ4v) is 4.98. The van der Waals surface area contributed by atoms with E-state index in [9.17, 15) is 9.59 Å². The Balaban J connectivity index is 1.51. The zero-order valence-electron chi connectivity index (χ0n) is 16.0. The van der Waals surface area contributed by atoms with E-state index in [-0.39, 0.29) is 17.9 Å². The van der Waals surface area contributed by atoms with Gasteiger partial charge in [0, 0.05) is 24.7 Å². The zero-order valence-corrected chi connectivity index (χ0v) is 16.0. The van der Waals surface area contributed by atoms with E-state index in [1.165, 1.54) is 12.8 Å². The van der Waals surface area contributed by atoms with Crippen LogP contribution in [0.5, 0.6) is 5.75 Å². The molecule has 1 saturated carbocycles. The highest BCUT2D eigenvalue weighted by molar-refractivity contribution is 5.91. The quantitative estimate of drug-likeness (QED) is 0.865. The molecule has 0 spiro atoms. The van der Waals surface area contributed by atoms with Crippen molar-refractivity contribution in [2.75, 3.05) is 7.11 Å². The van der Waals surface area contributed by atoms with Crippen molar-refractivity contribution in [1.29, 1.82) is 0 Å². The minimum atomic E-state index is -0.532. The molecule has 27 heavy (non-hydrogen) atoms. The lowest BCUT2D eigenvalue weighted by Gasteiger charge is -2.44. The molecule has 2 amide bonds. The molecule has 1 saturated heterocycles. The van der Waals surface area contributed by atoms with Crippen molar-refractivity contribution in [3.63, 3.8) is 0 Å². The summed E-state index contributed by atoms with van der Waals surface area (Å²) >= 11 is 0. The normalized spacial score (nSPS) is 25.3. The molecule has 1 aliphatic heterocycles. The van der Waals surface area contributed by atoms with Crippen LogP contribution in [-0.4, -0.2) is 29.9 Å². The van der Waals surface area contributed by atoms with Crippen molar-refractivity contribution in [2.45, 2.75) is 64.0 Å². The van der Waals surface area contributed by atoms with Crippen molar-refractivity contribution in [1.82, 2.24) is 10.2 Å². The summed E-state index contributed by atoms with van der Waals surface area (Å²) in [6, 6.07) is 8.04. The Labute approximate surface area is 160 Å². The number of amides is 2. The van der Waals surface area contributed by atoms with Crippen molar-refractivity contribution in [3.8, 4) is 5.75 Å². The lowest BCUT2D eigenvalue weighted by atomic mass is 9.75. The van der Waals surface area contributed by atoms with Crippen LogP contribution in [0.2, 0.25) is 0 Å². The summed E-state index contributed by atoms with van der Waals surface area (Å²) in [5.74, 6) is 1.05. The van der Waals surface area contributed by atoms with Crippen molar-refractivity contribution < 1.29 is 14.3 Å². The molecule has 144 valence electrons. The zero-order chi connectivity index (χ0) is 18.9. The van der Waals surface area contributed by atoms with Gasteiger partial charge in [0.05, 0.1) is 12.5 Å². The van der Waals surface area contributed by atoms with Crippen LogP contribution < -0.4 is 10.1 Å². The molecule has 1 unspecified atom stereocenters. The first-order valence-corrected chi connectivity index (χ1v) is 10.1. The molecule has 1 atom stereocenters. The Kier molecular flexibility index (Phi) is 4.94. The first-order valence-electron chi connectivity index (χ1n) is 10.1. The average Bonchev–Trinajstić information content (AvgIpc) is 3.37. The van der Waals surface area contributed by atoms with E-state index < -0.39 is 5.41 Å². The first-order chi connectivity index (χ1) is 13.1. The number of methoxy groups -OCH3 is 1. The minimum absolute atomic E-state index is 0.0598. The number of nitrogens with one attached hydrogen (secondary N) is 1. The van der Waals surface area contributed by atoms with Crippen LogP contribution in [0, 0.1) is 5.41 Å². The molecule has 3 aliphatic rings. The number of allylic oxidation sites excluding steroid dienone is 1. The van der Waals surface area contributed by atoms with Gasteiger partial charge in [-0.25, -0.2) is 0 Å². The third kappa shape index (κ3) is 3.24. The number of nitrogens with zero attached hydrogens (tertiary/aromatic N) is 1. The molecular weight excluding hydrogens is 340 g/mol. The van der Waals surface area contributed by atoms with Gasteiger partial charge in [-0.05, 0) is 49.8 Å². The standard InChI is InChI=1S/C22H28N2O3/c1-27-18-9-4-6-16(14-18)15-23-21(26)22-12-5-10-19(22)24(20(25)11-13-22)17-7-2-3-8-17/h4,6,9-10,14,17H,2-3,5,7-8,11-13,15H2,1H3,(H,23,26). The second-order valence-corrected chi connectivity index (χ2v) is 7.95. The van der Waals surface area contributed by atoms with E-state index in [0.717, 1.165) is 42.7 Å². The largest absolute Gasteiger partial charge is 0.497 e. The Morgan fingerprint density at radius 2 is 2.11 bits per heavy atom. The summed E-state index contributed by atoms with van der Waals surface area (Å²) in [6.07, 6.45) is 9.40. The molecule has 0 radical (unpaired) electrons. The monoisotopic (exact) mass is 368 g/mol. The van der Waals surface area contributed by atoms with E-state index >= 15 is 0 Å². The summed E-state index contributed by atoms with van der Waals surface area (Å²) in [6.45, 7) is 0.475. The van der Waals surface area contributed by atoms with Crippen LogP contribution in [0.3, 0.4) is 0 Å². The smallest absolute Gasteiger partial charge is 0.232 e. The van der Waals surface area contributed by atoms with E-state index in [1.54, 1.807) is 7.11 Å². The molecule has 5 nitrogen and oxygen atoms in total. The van der Waals surface area contributed by atoms with Crippen LogP contribution in [0.4, 0.5) is 0 Å². The highest BCUT2D eigenvalue weighted by Crippen LogP contribution is 2.50. The van der Waals surface area contributed by atoms with Crippen molar-refractivity contribution in [3.05, 3.63) is 41.6 Å². The molecule has 2 fully saturated rings. The van der Waals surface area contributed by atoms with Gasteiger partial charge >= 0.3 is 0 Å². The Bertz CT molecular complexity index is 767. The maximum absolute atomic E-state index is 13.3. The molecule has 1 N–H and O–H groups in total. The van der Waals surface area contributed by atoms with Crippen LogP contribution in [0.15, 0.2) is 36.0 Å². The fourth-order valence-electron chi connectivity index (χ4n) is 4.98. The second-order valence-electron chi connectivity index (χ2n) is 7.95. The predicted octanol–water partition coefficient (Wildman–Crippen LogP) is 3.54. The van der Waals surface area contributed by atoms with E-state index in [1.807, 2.05) is 29.2 Å². The van der Waals surface area contributed by atoms with Gasteiger partial charge < -0.3 is 15.0 Å². The highest BCUT2D eigenvalue weighted by Gasteiger charge is 2.52. The molecule has 0 aromatic heterocycles. The third-order valence-corrected chi connectivity index (χ3v) is 6.40. The summed E-state index contributed by atoms with van der Waals surface area (Å²) in [7, 11) is 1.64. The van der Waals surface area contributed by atoms with E-state index in [0.29, 0.717) is 19.4 Å². The molecule has 2 aliphatic carbocycles. The lowest BCUT2D eigenvalue weighted by Crippen LogP contribution is -2.52. The third-order valence-electron chi connectivity index (χ3n) is 6.40. The maximum Gasteiger partial charge on any atom is 0.232 e. The molecule has 0 bridgehead atoms. The number of hydrogen-bond donors (Lipinski definition) is 1. The predicted molar refractivity (Wildman–Crippen MR) is 103 cm³/mol. The number of fused-ring (bicyclic) bond motifs is 1. The topological polar surface area (TPSA) is 58.6 Å². The van der Waals surface area contributed by atoms with Crippen LogP contribution >= 0.6 is 0 Å².